The van der Waals surface area contributed by atoms with E-state index < -0.39 is 0 Å². The molecule has 0 aromatic heterocycles. The summed E-state index contributed by atoms with van der Waals surface area (Å²) in [6, 6.07) is 16.7. The summed E-state index contributed by atoms with van der Waals surface area (Å²) in [5.41, 5.74) is 0.624. The van der Waals surface area contributed by atoms with E-state index in [9.17, 15) is 4.79 Å². The Kier molecular flexibility index (Phi) is 5.35. The number of carbonyl (C=O) groups is 1. The van der Waals surface area contributed by atoms with Gasteiger partial charge in [0, 0.05) is 0 Å². The molecule has 0 aliphatic rings. The largest absolute Gasteiger partial charge is 0.455 e. The first-order chi connectivity index (χ1) is 10.1. The van der Waals surface area contributed by atoms with Crippen LogP contribution in [-0.4, -0.2) is 18.6 Å². The van der Waals surface area contributed by atoms with Crippen molar-refractivity contribution in [2.45, 2.75) is 20.0 Å². The molecule has 0 aliphatic heterocycles. The van der Waals surface area contributed by atoms with Crippen LogP contribution >= 0.6 is 0 Å². The summed E-state index contributed by atoms with van der Waals surface area (Å²) in [6.07, 6.45) is 0.0200. The lowest BCUT2D eigenvalue weighted by Gasteiger charge is -2.13. The highest BCUT2D eigenvalue weighted by Crippen LogP contribution is 2.28. The van der Waals surface area contributed by atoms with Gasteiger partial charge < -0.3 is 14.8 Å². The molecule has 0 bridgehead atoms. The fourth-order valence-electron chi connectivity index (χ4n) is 1.70. The molecule has 1 N–H and O–H groups in total. The van der Waals surface area contributed by atoms with E-state index in [1.54, 1.807) is 6.07 Å². The van der Waals surface area contributed by atoms with Crippen molar-refractivity contribution in [3.8, 4) is 11.5 Å². The van der Waals surface area contributed by atoms with Crippen molar-refractivity contribution in [1.29, 1.82) is 0 Å². The minimum absolute atomic E-state index is 0.0200. The Bertz CT molecular complexity index is 582. The van der Waals surface area contributed by atoms with Crippen LogP contribution in [0.1, 0.15) is 13.8 Å². The van der Waals surface area contributed by atoms with Crippen molar-refractivity contribution in [2.75, 3.05) is 11.9 Å². The predicted molar refractivity (Wildman–Crippen MR) is 82.7 cm³/mol. The van der Waals surface area contributed by atoms with Gasteiger partial charge in [-0.3, -0.25) is 4.79 Å². The average molecular weight is 285 g/mol. The summed E-state index contributed by atoms with van der Waals surface area (Å²) >= 11 is 0. The average Bonchev–Trinajstić information content (AvgIpc) is 2.48. The SMILES string of the molecule is CC(C)OCC(=O)Nc1ccccc1Oc1ccccc1. The van der Waals surface area contributed by atoms with Gasteiger partial charge in [0.05, 0.1) is 11.8 Å². The van der Waals surface area contributed by atoms with E-state index in [2.05, 4.69) is 5.32 Å². The Morgan fingerprint density at radius 1 is 1.05 bits per heavy atom. The van der Waals surface area contributed by atoms with Crippen LogP contribution in [0.5, 0.6) is 11.5 Å². The number of rotatable bonds is 6. The molecular formula is C17H19NO3. The molecule has 0 spiro atoms. The zero-order valence-corrected chi connectivity index (χ0v) is 12.2. The predicted octanol–water partition coefficient (Wildman–Crippen LogP) is 3.84. The van der Waals surface area contributed by atoms with Crippen LogP contribution in [0.15, 0.2) is 54.6 Å². The van der Waals surface area contributed by atoms with Crippen LogP contribution in [0.4, 0.5) is 5.69 Å². The van der Waals surface area contributed by atoms with Crippen molar-refractivity contribution in [1.82, 2.24) is 0 Å². The molecule has 2 rings (SSSR count). The molecule has 21 heavy (non-hydrogen) atoms. The minimum Gasteiger partial charge on any atom is -0.455 e. The summed E-state index contributed by atoms with van der Waals surface area (Å²) in [6.45, 7) is 3.80. The third-order valence-corrected chi connectivity index (χ3v) is 2.68. The molecule has 4 nitrogen and oxygen atoms in total. The second-order valence-electron chi connectivity index (χ2n) is 4.82. The molecule has 0 unspecified atom stereocenters. The number of benzene rings is 2. The number of hydrogen-bond acceptors (Lipinski definition) is 3. The lowest BCUT2D eigenvalue weighted by molar-refractivity contribution is -0.121. The van der Waals surface area contributed by atoms with Gasteiger partial charge in [-0.25, -0.2) is 0 Å². The van der Waals surface area contributed by atoms with Crippen molar-refractivity contribution in [3.05, 3.63) is 54.6 Å². The van der Waals surface area contributed by atoms with Crippen LogP contribution < -0.4 is 10.1 Å². The molecule has 2 aromatic rings. The lowest BCUT2D eigenvalue weighted by Crippen LogP contribution is -2.20. The van der Waals surface area contributed by atoms with Crippen molar-refractivity contribution in [2.24, 2.45) is 0 Å². The second kappa shape index (κ2) is 7.45. The molecule has 0 aliphatic carbocycles. The topological polar surface area (TPSA) is 47.6 Å². The number of carbonyl (C=O) groups excluding carboxylic acids is 1. The highest BCUT2D eigenvalue weighted by Gasteiger charge is 2.09. The summed E-state index contributed by atoms with van der Waals surface area (Å²) in [5, 5.41) is 2.80. The van der Waals surface area contributed by atoms with Crippen molar-refractivity contribution in [3.63, 3.8) is 0 Å². The summed E-state index contributed by atoms with van der Waals surface area (Å²) in [5.74, 6) is 1.12. The molecule has 0 fully saturated rings. The van der Waals surface area contributed by atoms with E-state index in [-0.39, 0.29) is 18.6 Å². The van der Waals surface area contributed by atoms with Crippen LogP contribution in [0.25, 0.3) is 0 Å². The normalized spacial score (nSPS) is 10.4. The Balaban J connectivity index is 2.05. The van der Waals surface area contributed by atoms with Crippen LogP contribution in [-0.2, 0) is 9.53 Å². The maximum Gasteiger partial charge on any atom is 0.250 e. The van der Waals surface area contributed by atoms with E-state index in [0.29, 0.717) is 11.4 Å². The standard InChI is InChI=1S/C17H19NO3/c1-13(2)20-12-17(19)18-15-10-6-7-11-16(15)21-14-8-4-3-5-9-14/h3-11,13H,12H2,1-2H3,(H,18,19). The van der Waals surface area contributed by atoms with Crippen molar-refractivity contribution >= 4 is 11.6 Å². The molecule has 0 atom stereocenters. The quantitative estimate of drug-likeness (QED) is 0.877. The Morgan fingerprint density at radius 2 is 1.71 bits per heavy atom. The van der Waals surface area contributed by atoms with E-state index in [1.807, 2.05) is 62.4 Å². The van der Waals surface area contributed by atoms with Crippen LogP contribution in [0.2, 0.25) is 0 Å². The third-order valence-electron chi connectivity index (χ3n) is 2.68. The van der Waals surface area contributed by atoms with Crippen LogP contribution in [0.3, 0.4) is 0 Å². The molecule has 0 saturated carbocycles. The van der Waals surface area contributed by atoms with Gasteiger partial charge in [-0.1, -0.05) is 30.3 Å². The molecule has 1 amide bonds. The van der Waals surface area contributed by atoms with Gasteiger partial charge in [-0.15, -0.1) is 0 Å². The van der Waals surface area contributed by atoms with E-state index in [4.69, 9.17) is 9.47 Å². The van der Waals surface area contributed by atoms with Gasteiger partial charge in [0.2, 0.25) is 5.91 Å². The Morgan fingerprint density at radius 3 is 2.43 bits per heavy atom. The third kappa shape index (κ3) is 4.93. The summed E-state index contributed by atoms with van der Waals surface area (Å²) in [7, 11) is 0. The van der Waals surface area contributed by atoms with E-state index in [1.165, 1.54) is 0 Å². The number of para-hydroxylation sites is 3. The summed E-state index contributed by atoms with van der Waals surface area (Å²) in [4.78, 5) is 11.8. The van der Waals surface area contributed by atoms with Gasteiger partial charge >= 0.3 is 0 Å². The number of hydrogen-bond donors (Lipinski definition) is 1. The first-order valence-electron chi connectivity index (χ1n) is 6.88. The number of anilines is 1. The zero-order chi connectivity index (χ0) is 15.1. The molecule has 4 heteroatoms. The molecule has 0 radical (unpaired) electrons. The molecule has 0 heterocycles. The van der Waals surface area contributed by atoms with E-state index >= 15 is 0 Å². The van der Waals surface area contributed by atoms with Crippen LogP contribution in [0, 0.1) is 0 Å². The summed E-state index contributed by atoms with van der Waals surface area (Å²) < 4.78 is 11.1. The van der Waals surface area contributed by atoms with E-state index in [0.717, 1.165) is 5.75 Å². The first-order valence-corrected chi connectivity index (χ1v) is 6.88. The highest BCUT2D eigenvalue weighted by molar-refractivity contribution is 5.93. The smallest absolute Gasteiger partial charge is 0.250 e. The van der Waals surface area contributed by atoms with Gasteiger partial charge in [0.15, 0.2) is 5.75 Å². The molecule has 0 saturated heterocycles. The highest BCUT2D eigenvalue weighted by atomic mass is 16.5. The molecule has 110 valence electrons. The first kappa shape index (κ1) is 15.1. The number of nitrogens with one attached hydrogen (secondary N) is 1. The fraction of sp³-hybridized carbons (Fsp3) is 0.235. The second-order valence-corrected chi connectivity index (χ2v) is 4.82. The van der Waals surface area contributed by atoms with Gasteiger partial charge in [-0.2, -0.15) is 0 Å². The number of ether oxygens (including phenoxy) is 2. The maximum atomic E-state index is 11.8. The number of amides is 1. The fourth-order valence-corrected chi connectivity index (χ4v) is 1.70. The molecule has 2 aromatic carbocycles. The zero-order valence-electron chi connectivity index (χ0n) is 12.2. The Labute approximate surface area is 124 Å². The maximum absolute atomic E-state index is 11.8. The van der Waals surface area contributed by atoms with Crippen molar-refractivity contribution < 1.29 is 14.3 Å². The molecular weight excluding hydrogens is 266 g/mol. The Hall–Kier alpha value is -2.33. The minimum atomic E-state index is -0.201. The monoisotopic (exact) mass is 285 g/mol. The van der Waals surface area contributed by atoms with Gasteiger partial charge in [0.25, 0.3) is 0 Å². The lowest BCUT2D eigenvalue weighted by atomic mass is 10.3. The van der Waals surface area contributed by atoms with Gasteiger partial charge in [-0.05, 0) is 38.1 Å². The van der Waals surface area contributed by atoms with Gasteiger partial charge in [0.1, 0.15) is 12.4 Å².